The first kappa shape index (κ1) is 18.9. The molecular formula is C24H21N3OS. The molecule has 0 fully saturated rings. The summed E-state index contributed by atoms with van der Waals surface area (Å²) in [6, 6.07) is 28.2. The second-order valence-corrected chi connectivity index (χ2v) is 7.37. The number of hydrogen-bond acceptors (Lipinski definition) is 5. The van der Waals surface area contributed by atoms with E-state index in [2.05, 4.69) is 39.8 Å². The van der Waals surface area contributed by atoms with Crippen molar-refractivity contribution in [3.05, 3.63) is 101 Å². The Morgan fingerprint density at radius 1 is 0.931 bits per heavy atom. The molecule has 0 atom stereocenters. The van der Waals surface area contributed by atoms with Crippen molar-refractivity contribution in [2.45, 2.75) is 13.5 Å². The van der Waals surface area contributed by atoms with Gasteiger partial charge in [0, 0.05) is 10.9 Å². The molecule has 4 rings (SSSR count). The molecule has 144 valence electrons. The number of ether oxygens (including phenoxy) is 1. The molecule has 0 amide bonds. The second-order valence-electron chi connectivity index (χ2n) is 6.51. The van der Waals surface area contributed by atoms with Gasteiger partial charge in [-0.1, -0.05) is 60.7 Å². The molecule has 0 radical (unpaired) electrons. The minimum absolute atomic E-state index is 0.558. The second kappa shape index (κ2) is 9.17. The summed E-state index contributed by atoms with van der Waals surface area (Å²) >= 11 is 1.54. The van der Waals surface area contributed by atoms with Crippen LogP contribution in [-0.4, -0.2) is 10.7 Å². The van der Waals surface area contributed by atoms with Crippen LogP contribution in [0.25, 0.3) is 11.3 Å². The quantitative estimate of drug-likeness (QED) is 0.296. The number of nitrogens with one attached hydrogen (secondary N) is 1. The molecule has 4 nitrogen and oxygen atoms in total. The summed E-state index contributed by atoms with van der Waals surface area (Å²) in [6.45, 7) is 2.53. The Morgan fingerprint density at radius 2 is 1.62 bits per heavy atom. The van der Waals surface area contributed by atoms with Crippen LogP contribution in [-0.2, 0) is 6.61 Å². The lowest BCUT2D eigenvalue weighted by atomic mass is 10.1. The van der Waals surface area contributed by atoms with E-state index in [1.165, 1.54) is 11.3 Å². The van der Waals surface area contributed by atoms with Gasteiger partial charge in [-0.3, -0.25) is 5.43 Å². The van der Waals surface area contributed by atoms with E-state index in [1.807, 2.05) is 73.0 Å². The van der Waals surface area contributed by atoms with Crippen molar-refractivity contribution in [1.82, 2.24) is 4.98 Å². The number of nitrogens with zero attached hydrogens (tertiary/aromatic N) is 2. The van der Waals surface area contributed by atoms with Gasteiger partial charge < -0.3 is 4.74 Å². The highest BCUT2D eigenvalue weighted by molar-refractivity contribution is 7.14. The fraction of sp³-hybridized carbons (Fsp3) is 0.0833. The molecule has 0 saturated heterocycles. The smallest absolute Gasteiger partial charge is 0.203 e. The molecule has 0 spiro atoms. The molecule has 29 heavy (non-hydrogen) atoms. The zero-order valence-corrected chi connectivity index (χ0v) is 16.9. The monoisotopic (exact) mass is 399 g/mol. The Balaban J connectivity index is 1.36. The average molecular weight is 400 g/mol. The van der Waals surface area contributed by atoms with E-state index in [9.17, 15) is 0 Å². The topological polar surface area (TPSA) is 46.5 Å². The Bertz CT molecular complexity index is 1070. The number of aromatic nitrogens is 1. The van der Waals surface area contributed by atoms with Crippen molar-refractivity contribution in [1.29, 1.82) is 0 Å². The molecular weight excluding hydrogens is 378 g/mol. The summed E-state index contributed by atoms with van der Waals surface area (Å²) in [4.78, 5) is 4.59. The lowest BCUT2D eigenvalue weighted by Gasteiger charge is -2.07. The Hall–Kier alpha value is -3.44. The highest BCUT2D eigenvalue weighted by Gasteiger charge is 2.04. The van der Waals surface area contributed by atoms with E-state index in [4.69, 9.17) is 4.74 Å². The molecule has 0 bridgehead atoms. The number of thiazole rings is 1. The summed E-state index contributed by atoms with van der Waals surface area (Å²) in [7, 11) is 0. The van der Waals surface area contributed by atoms with Crippen LogP contribution in [0.2, 0.25) is 0 Å². The van der Waals surface area contributed by atoms with Gasteiger partial charge in [-0.2, -0.15) is 5.10 Å². The maximum Gasteiger partial charge on any atom is 0.203 e. The van der Waals surface area contributed by atoms with E-state index in [0.717, 1.165) is 39.0 Å². The predicted octanol–water partition coefficient (Wildman–Crippen LogP) is 6.23. The summed E-state index contributed by atoms with van der Waals surface area (Å²) in [5.41, 5.74) is 8.18. The van der Waals surface area contributed by atoms with E-state index in [-0.39, 0.29) is 0 Å². The molecule has 1 aromatic heterocycles. The van der Waals surface area contributed by atoms with Crippen LogP contribution in [0, 0.1) is 0 Å². The zero-order chi connectivity index (χ0) is 19.9. The van der Waals surface area contributed by atoms with Gasteiger partial charge in [0.05, 0.1) is 11.4 Å². The Kier molecular flexibility index (Phi) is 5.98. The fourth-order valence-corrected chi connectivity index (χ4v) is 3.46. The standard InChI is InChI=1S/C24H21N3OS/c1-18(26-27-24-25-23(17-29-24)21-10-6-3-7-11-21)20-12-14-22(15-13-20)28-16-19-8-4-2-5-9-19/h2-15,17H,16H2,1H3,(H,25,27)/b26-18+. The van der Waals surface area contributed by atoms with Crippen LogP contribution in [0.15, 0.2) is 95.4 Å². The first-order valence-corrected chi connectivity index (χ1v) is 10.2. The molecule has 3 aromatic carbocycles. The van der Waals surface area contributed by atoms with E-state index >= 15 is 0 Å². The number of anilines is 1. The third-order valence-electron chi connectivity index (χ3n) is 4.41. The first-order valence-electron chi connectivity index (χ1n) is 9.36. The zero-order valence-electron chi connectivity index (χ0n) is 16.1. The minimum atomic E-state index is 0.558. The van der Waals surface area contributed by atoms with Crippen LogP contribution in [0.4, 0.5) is 5.13 Å². The number of rotatable bonds is 7. The van der Waals surface area contributed by atoms with Gasteiger partial charge >= 0.3 is 0 Å². The highest BCUT2D eigenvalue weighted by Crippen LogP contribution is 2.24. The van der Waals surface area contributed by atoms with Gasteiger partial charge in [0.1, 0.15) is 12.4 Å². The van der Waals surface area contributed by atoms with Crippen molar-refractivity contribution in [3.8, 4) is 17.0 Å². The van der Waals surface area contributed by atoms with Gasteiger partial charge in [-0.15, -0.1) is 11.3 Å². The molecule has 1 heterocycles. The molecule has 0 aliphatic carbocycles. The number of benzene rings is 3. The molecule has 0 saturated carbocycles. The van der Waals surface area contributed by atoms with Crippen molar-refractivity contribution in [3.63, 3.8) is 0 Å². The van der Waals surface area contributed by atoms with Gasteiger partial charge in [-0.05, 0) is 42.3 Å². The largest absolute Gasteiger partial charge is 0.489 e. The van der Waals surface area contributed by atoms with Gasteiger partial charge in [0.2, 0.25) is 5.13 Å². The van der Waals surface area contributed by atoms with Crippen molar-refractivity contribution < 1.29 is 4.74 Å². The van der Waals surface area contributed by atoms with E-state index < -0.39 is 0 Å². The fourth-order valence-electron chi connectivity index (χ4n) is 2.80. The summed E-state index contributed by atoms with van der Waals surface area (Å²) in [6.07, 6.45) is 0. The van der Waals surface area contributed by atoms with Crippen LogP contribution in [0.5, 0.6) is 5.75 Å². The van der Waals surface area contributed by atoms with Crippen LogP contribution >= 0.6 is 11.3 Å². The summed E-state index contributed by atoms with van der Waals surface area (Å²) in [5.74, 6) is 0.839. The van der Waals surface area contributed by atoms with Gasteiger partial charge in [0.15, 0.2) is 0 Å². The minimum Gasteiger partial charge on any atom is -0.489 e. The normalized spacial score (nSPS) is 11.3. The van der Waals surface area contributed by atoms with Gasteiger partial charge in [-0.25, -0.2) is 4.98 Å². The molecule has 0 aliphatic heterocycles. The molecule has 4 aromatic rings. The van der Waals surface area contributed by atoms with Crippen molar-refractivity contribution >= 4 is 22.2 Å². The number of hydrazone groups is 1. The lowest BCUT2D eigenvalue weighted by Crippen LogP contribution is -2.00. The molecule has 0 aliphatic rings. The average Bonchev–Trinajstić information content (AvgIpc) is 3.27. The van der Waals surface area contributed by atoms with Gasteiger partial charge in [0.25, 0.3) is 0 Å². The Labute approximate surface area is 174 Å². The molecule has 5 heteroatoms. The first-order chi connectivity index (χ1) is 14.3. The van der Waals surface area contributed by atoms with Crippen LogP contribution in [0.1, 0.15) is 18.1 Å². The van der Waals surface area contributed by atoms with Crippen molar-refractivity contribution in [2.75, 3.05) is 5.43 Å². The van der Waals surface area contributed by atoms with Crippen LogP contribution in [0.3, 0.4) is 0 Å². The SMILES string of the molecule is C/C(=N\Nc1nc(-c2ccccc2)cs1)c1ccc(OCc2ccccc2)cc1. The summed E-state index contributed by atoms with van der Waals surface area (Å²) in [5, 5.41) is 7.27. The molecule has 0 unspecified atom stereocenters. The lowest BCUT2D eigenvalue weighted by molar-refractivity contribution is 0.306. The maximum atomic E-state index is 5.84. The van der Waals surface area contributed by atoms with E-state index in [1.54, 1.807) is 0 Å². The third kappa shape index (κ3) is 5.09. The Morgan fingerprint density at radius 3 is 2.34 bits per heavy atom. The van der Waals surface area contributed by atoms with Crippen molar-refractivity contribution in [2.24, 2.45) is 5.10 Å². The highest BCUT2D eigenvalue weighted by atomic mass is 32.1. The van der Waals surface area contributed by atoms with E-state index in [0.29, 0.717) is 6.61 Å². The summed E-state index contributed by atoms with van der Waals surface area (Å²) < 4.78 is 5.84. The predicted molar refractivity (Wildman–Crippen MR) is 121 cm³/mol. The molecule has 1 N–H and O–H groups in total. The van der Waals surface area contributed by atoms with Crippen LogP contribution < -0.4 is 10.2 Å². The number of hydrogen-bond donors (Lipinski definition) is 1. The third-order valence-corrected chi connectivity index (χ3v) is 5.16. The maximum absolute atomic E-state index is 5.84.